The molecule has 0 aliphatic carbocycles. The Morgan fingerprint density at radius 1 is 1.41 bits per heavy atom. The van der Waals surface area contributed by atoms with Crippen molar-refractivity contribution in [3.63, 3.8) is 0 Å². The molecule has 0 saturated carbocycles. The average molecular weight is 319 g/mol. The Morgan fingerprint density at radius 2 is 2.05 bits per heavy atom. The Balaban J connectivity index is 2.83. The van der Waals surface area contributed by atoms with Crippen LogP contribution in [0.2, 0.25) is 0 Å². The van der Waals surface area contributed by atoms with Crippen molar-refractivity contribution < 1.29 is 22.9 Å². The highest BCUT2D eigenvalue weighted by Crippen LogP contribution is 2.34. The van der Waals surface area contributed by atoms with E-state index in [1.807, 2.05) is 0 Å². The largest absolute Gasteiger partial charge is 0.416 e. The van der Waals surface area contributed by atoms with Gasteiger partial charge >= 0.3 is 6.18 Å². The van der Waals surface area contributed by atoms with E-state index in [1.165, 1.54) is 4.90 Å². The van der Waals surface area contributed by atoms with Gasteiger partial charge in [0.25, 0.3) is 5.69 Å². The van der Waals surface area contributed by atoms with Crippen LogP contribution < -0.4 is 5.32 Å². The Morgan fingerprint density at radius 3 is 2.55 bits per heavy atom. The van der Waals surface area contributed by atoms with Crippen LogP contribution in [0.3, 0.4) is 0 Å². The van der Waals surface area contributed by atoms with Gasteiger partial charge in [0.2, 0.25) is 5.91 Å². The third kappa shape index (κ3) is 4.61. The molecular weight excluding hydrogens is 303 g/mol. The van der Waals surface area contributed by atoms with Crippen LogP contribution in [0.15, 0.2) is 18.2 Å². The van der Waals surface area contributed by atoms with Gasteiger partial charge in [0.1, 0.15) is 5.69 Å². The molecular formula is C13H16F3N3O3. The smallest absolute Gasteiger partial charge is 0.379 e. The van der Waals surface area contributed by atoms with Gasteiger partial charge in [-0.2, -0.15) is 13.2 Å². The van der Waals surface area contributed by atoms with Crippen LogP contribution >= 0.6 is 0 Å². The van der Waals surface area contributed by atoms with Crippen LogP contribution in [0.5, 0.6) is 0 Å². The first-order valence-corrected chi connectivity index (χ1v) is 6.50. The van der Waals surface area contributed by atoms with E-state index in [2.05, 4.69) is 5.32 Å². The first kappa shape index (κ1) is 17.7. The first-order chi connectivity index (χ1) is 10.2. The van der Waals surface area contributed by atoms with Crippen LogP contribution in [-0.2, 0) is 11.0 Å². The van der Waals surface area contributed by atoms with E-state index in [0.717, 1.165) is 12.1 Å². The van der Waals surface area contributed by atoms with E-state index < -0.39 is 22.4 Å². The van der Waals surface area contributed by atoms with Crippen molar-refractivity contribution >= 4 is 17.3 Å². The highest BCUT2D eigenvalue weighted by Gasteiger charge is 2.33. The zero-order chi connectivity index (χ0) is 16.9. The Kier molecular flexibility index (Phi) is 5.72. The fraction of sp³-hybridized carbons (Fsp3) is 0.462. The van der Waals surface area contributed by atoms with Gasteiger partial charge in [0.15, 0.2) is 0 Å². The fourth-order valence-electron chi connectivity index (χ4n) is 1.68. The maximum atomic E-state index is 12.6. The molecule has 1 aromatic rings. The summed E-state index contributed by atoms with van der Waals surface area (Å²) in [4.78, 5) is 23.0. The second kappa shape index (κ2) is 7.10. The zero-order valence-corrected chi connectivity index (χ0v) is 12.1. The molecule has 0 aliphatic rings. The van der Waals surface area contributed by atoms with Gasteiger partial charge in [-0.15, -0.1) is 0 Å². The Hall–Kier alpha value is -2.32. The SMILES string of the molecule is CCN(C)C(=O)CCNc1ccc(C(F)(F)F)cc1[N+](=O)[O-]. The minimum absolute atomic E-state index is 0.0510. The summed E-state index contributed by atoms with van der Waals surface area (Å²) in [5.74, 6) is -0.162. The van der Waals surface area contributed by atoms with Crippen molar-refractivity contribution in [2.45, 2.75) is 19.5 Å². The highest BCUT2D eigenvalue weighted by molar-refractivity contribution is 5.76. The number of nitro benzene ring substituents is 1. The topological polar surface area (TPSA) is 75.5 Å². The van der Waals surface area contributed by atoms with Crippen molar-refractivity contribution in [3.05, 3.63) is 33.9 Å². The molecule has 0 aliphatic heterocycles. The molecule has 0 spiro atoms. The number of nitrogens with zero attached hydrogens (tertiary/aromatic N) is 2. The molecule has 1 N–H and O–H groups in total. The number of hydrogen-bond donors (Lipinski definition) is 1. The number of anilines is 1. The molecule has 9 heteroatoms. The second-order valence-electron chi connectivity index (χ2n) is 4.57. The third-order valence-electron chi connectivity index (χ3n) is 3.08. The molecule has 6 nitrogen and oxygen atoms in total. The van der Waals surface area contributed by atoms with Crippen LogP contribution in [0.1, 0.15) is 18.9 Å². The Bertz CT molecular complexity index is 561. The van der Waals surface area contributed by atoms with E-state index >= 15 is 0 Å². The summed E-state index contributed by atoms with van der Waals surface area (Å²) in [5, 5.41) is 13.5. The predicted octanol–water partition coefficient (Wildman–Crippen LogP) is 2.89. The molecule has 122 valence electrons. The van der Waals surface area contributed by atoms with E-state index in [1.54, 1.807) is 14.0 Å². The normalized spacial score (nSPS) is 11.1. The number of nitro groups is 1. The zero-order valence-electron chi connectivity index (χ0n) is 12.1. The van der Waals surface area contributed by atoms with Gasteiger partial charge in [0.05, 0.1) is 10.5 Å². The predicted molar refractivity (Wildman–Crippen MR) is 74.5 cm³/mol. The molecule has 1 amide bonds. The van der Waals surface area contributed by atoms with E-state index in [4.69, 9.17) is 0 Å². The van der Waals surface area contributed by atoms with Crippen LogP contribution in [0.4, 0.5) is 24.5 Å². The number of nitrogens with one attached hydrogen (secondary N) is 1. The molecule has 1 aromatic carbocycles. The molecule has 0 aromatic heterocycles. The summed E-state index contributed by atoms with van der Waals surface area (Å²) in [6.45, 7) is 2.42. The number of halogens is 3. The number of rotatable bonds is 6. The summed E-state index contributed by atoms with van der Waals surface area (Å²) in [6, 6.07) is 2.23. The second-order valence-corrected chi connectivity index (χ2v) is 4.57. The third-order valence-corrected chi connectivity index (χ3v) is 3.08. The lowest BCUT2D eigenvalue weighted by molar-refractivity contribution is -0.384. The van der Waals surface area contributed by atoms with Gasteiger partial charge in [-0.25, -0.2) is 0 Å². The number of hydrogen-bond acceptors (Lipinski definition) is 4. The highest BCUT2D eigenvalue weighted by atomic mass is 19.4. The molecule has 0 fully saturated rings. The molecule has 0 atom stereocenters. The first-order valence-electron chi connectivity index (χ1n) is 6.50. The van der Waals surface area contributed by atoms with Gasteiger partial charge < -0.3 is 10.2 Å². The summed E-state index contributed by atoms with van der Waals surface area (Å²) in [6.07, 6.45) is -4.56. The van der Waals surface area contributed by atoms with Crippen LogP contribution in [0, 0.1) is 10.1 Å². The van der Waals surface area contributed by atoms with Gasteiger partial charge in [-0.3, -0.25) is 14.9 Å². The van der Waals surface area contributed by atoms with Crippen molar-refractivity contribution in [2.24, 2.45) is 0 Å². The monoisotopic (exact) mass is 319 g/mol. The molecule has 0 heterocycles. The van der Waals surface area contributed by atoms with Crippen molar-refractivity contribution in [2.75, 3.05) is 25.5 Å². The van der Waals surface area contributed by atoms with E-state index in [0.29, 0.717) is 12.6 Å². The number of benzene rings is 1. The van der Waals surface area contributed by atoms with Crippen LogP contribution in [-0.4, -0.2) is 35.9 Å². The summed E-state index contributed by atoms with van der Waals surface area (Å²) >= 11 is 0. The van der Waals surface area contributed by atoms with Crippen molar-refractivity contribution in [1.29, 1.82) is 0 Å². The lowest BCUT2D eigenvalue weighted by Crippen LogP contribution is -2.27. The number of carbonyl (C=O) groups excluding carboxylic acids is 1. The maximum Gasteiger partial charge on any atom is 0.416 e. The maximum absolute atomic E-state index is 12.6. The molecule has 22 heavy (non-hydrogen) atoms. The number of carbonyl (C=O) groups is 1. The number of amides is 1. The van der Waals surface area contributed by atoms with Gasteiger partial charge in [-0.1, -0.05) is 0 Å². The minimum atomic E-state index is -4.65. The van der Waals surface area contributed by atoms with Crippen molar-refractivity contribution in [3.8, 4) is 0 Å². The van der Waals surface area contributed by atoms with Crippen LogP contribution in [0.25, 0.3) is 0 Å². The standard InChI is InChI=1S/C13H16F3N3O3/c1-3-18(2)12(20)6-7-17-10-5-4-9(13(14,15)16)8-11(10)19(21)22/h4-5,8,17H,3,6-7H2,1-2H3. The van der Waals surface area contributed by atoms with Crippen molar-refractivity contribution in [1.82, 2.24) is 4.90 Å². The molecule has 0 bridgehead atoms. The minimum Gasteiger partial charge on any atom is -0.379 e. The number of alkyl halides is 3. The summed E-state index contributed by atoms with van der Waals surface area (Å²) in [5.41, 5.74) is -1.82. The van der Waals surface area contributed by atoms with E-state index in [9.17, 15) is 28.1 Å². The lowest BCUT2D eigenvalue weighted by Gasteiger charge is -2.15. The van der Waals surface area contributed by atoms with Gasteiger partial charge in [0, 0.05) is 32.6 Å². The quantitative estimate of drug-likeness (QED) is 0.646. The molecule has 1 rings (SSSR count). The summed E-state index contributed by atoms with van der Waals surface area (Å²) in [7, 11) is 1.61. The van der Waals surface area contributed by atoms with E-state index in [-0.39, 0.29) is 24.6 Å². The summed E-state index contributed by atoms with van der Waals surface area (Å²) < 4.78 is 37.7. The molecule has 0 radical (unpaired) electrons. The lowest BCUT2D eigenvalue weighted by atomic mass is 10.1. The molecule has 0 unspecified atom stereocenters. The molecule has 0 saturated heterocycles. The fourth-order valence-corrected chi connectivity index (χ4v) is 1.68. The average Bonchev–Trinajstić information content (AvgIpc) is 2.45. The Labute approximate surface area is 125 Å². The van der Waals surface area contributed by atoms with Gasteiger partial charge in [-0.05, 0) is 19.1 Å².